The molecule has 1 saturated carbocycles. The number of methoxy groups -OCH3 is 1. The van der Waals surface area contributed by atoms with Gasteiger partial charge < -0.3 is 15.0 Å². The van der Waals surface area contributed by atoms with Gasteiger partial charge in [-0.2, -0.15) is 0 Å². The number of fused-ring (bicyclic) bond motifs is 1. The fourth-order valence-corrected chi connectivity index (χ4v) is 7.14. The number of nitrogens with one attached hydrogen (secondary N) is 2. The Bertz CT molecular complexity index is 1770. The molecular formula is C29H30N4O5S. The van der Waals surface area contributed by atoms with E-state index in [4.69, 9.17) is 4.74 Å². The summed E-state index contributed by atoms with van der Waals surface area (Å²) >= 11 is 0. The first kappa shape index (κ1) is 26.4. The van der Waals surface area contributed by atoms with Crippen molar-refractivity contribution in [1.82, 2.24) is 19.3 Å². The fraction of sp³-hybridized carbons (Fsp3) is 0.276. The van der Waals surface area contributed by atoms with Crippen LogP contribution in [0.3, 0.4) is 0 Å². The minimum atomic E-state index is -3.77. The Kier molecular flexibility index (Phi) is 6.67. The lowest BCUT2D eigenvalue weighted by Gasteiger charge is -2.17. The van der Waals surface area contributed by atoms with Crippen LogP contribution in [-0.4, -0.2) is 40.1 Å². The van der Waals surface area contributed by atoms with Crippen LogP contribution in [0.25, 0.3) is 22.0 Å². The molecule has 0 radical (unpaired) electrons. The smallest absolute Gasteiger partial charge is 0.256 e. The summed E-state index contributed by atoms with van der Waals surface area (Å²) in [6, 6.07) is 8.83. The van der Waals surface area contributed by atoms with E-state index in [2.05, 4.69) is 21.9 Å². The molecule has 0 unspecified atom stereocenters. The van der Waals surface area contributed by atoms with Crippen molar-refractivity contribution < 1.29 is 17.9 Å². The number of rotatable bonds is 9. The predicted octanol–water partition coefficient (Wildman–Crippen LogP) is 4.23. The number of aryl methyl sites for hydroxylation is 2. The van der Waals surface area contributed by atoms with Gasteiger partial charge in [0.05, 0.1) is 29.5 Å². The molecule has 10 heteroatoms. The largest absolute Gasteiger partial charge is 0.496 e. The number of amides is 1. The molecular weight excluding hydrogens is 516 g/mol. The number of aromatic nitrogens is 3. The lowest BCUT2D eigenvalue weighted by Crippen LogP contribution is -2.29. The molecule has 1 aromatic carbocycles. The number of ether oxygens (including phenoxy) is 1. The van der Waals surface area contributed by atoms with Crippen LogP contribution in [0.15, 0.2) is 66.4 Å². The zero-order valence-electron chi connectivity index (χ0n) is 22.1. The van der Waals surface area contributed by atoms with Crippen molar-refractivity contribution in [2.75, 3.05) is 7.11 Å². The molecule has 2 N–H and O–H groups in total. The Hall–Kier alpha value is -4.18. The summed E-state index contributed by atoms with van der Waals surface area (Å²) in [7, 11) is -2.31. The van der Waals surface area contributed by atoms with Gasteiger partial charge in [0.1, 0.15) is 5.75 Å². The van der Waals surface area contributed by atoms with E-state index in [1.807, 2.05) is 6.07 Å². The number of hydrogen-bond donors (Lipinski definition) is 2. The number of aromatic amines is 1. The molecule has 0 aliphatic heterocycles. The molecule has 9 nitrogen and oxygen atoms in total. The molecule has 0 saturated heterocycles. The molecule has 1 aliphatic carbocycles. The SMILES string of the molecule is C=CCC1(S(=O)(=O)n2cc(C)c3c(C(=O)NCc4c(OC)cc(C)[nH]c4=O)cc(-c4cccnc4)cc32)CC1. The van der Waals surface area contributed by atoms with Gasteiger partial charge in [-0.3, -0.25) is 14.6 Å². The van der Waals surface area contributed by atoms with Crippen LogP contribution in [0.1, 0.15) is 46.4 Å². The van der Waals surface area contributed by atoms with E-state index in [1.165, 1.54) is 11.1 Å². The van der Waals surface area contributed by atoms with E-state index in [0.717, 1.165) is 5.56 Å². The first-order valence-corrected chi connectivity index (χ1v) is 14.0. The highest BCUT2D eigenvalue weighted by Gasteiger charge is 2.54. The van der Waals surface area contributed by atoms with Crippen LogP contribution in [0.4, 0.5) is 0 Å². The summed E-state index contributed by atoms with van der Waals surface area (Å²) in [5.41, 5.74) is 3.32. The minimum Gasteiger partial charge on any atom is -0.496 e. The number of allylic oxidation sites excluding steroid dienone is 1. The molecule has 3 heterocycles. The van der Waals surface area contributed by atoms with E-state index in [-0.39, 0.29) is 17.7 Å². The molecule has 39 heavy (non-hydrogen) atoms. The van der Waals surface area contributed by atoms with Crippen LogP contribution in [0.2, 0.25) is 0 Å². The van der Waals surface area contributed by atoms with Crippen LogP contribution < -0.4 is 15.6 Å². The topological polar surface area (TPSA) is 123 Å². The number of nitrogens with zero attached hydrogens (tertiary/aromatic N) is 2. The van der Waals surface area contributed by atoms with E-state index < -0.39 is 20.7 Å². The van der Waals surface area contributed by atoms with Crippen molar-refractivity contribution in [2.45, 2.75) is 44.4 Å². The van der Waals surface area contributed by atoms with E-state index in [0.29, 0.717) is 58.3 Å². The van der Waals surface area contributed by atoms with Crippen LogP contribution in [0.5, 0.6) is 5.75 Å². The van der Waals surface area contributed by atoms with Gasteiger partial charge >= 0.3 is 0 Å². The molecule has 0 bridgehead atoms. The molecule has 4 aromatic rings. The molecule has 1 aliphatic rings. The Morgan fingerprint density at radius 2 is 2.03 bits per heavy atom. The van der Waals surface area contributed by atoms with Gasteiger partial charge in [0.15, 0.2) is 0 Å². The third-order valence-electron chi connectivity index (χ3n) is 7.31. The van der Waals surface area contributed by atoms with Crippen molar-refractivity contribution in [3.8, 4) is 16.9 Å². The first-order chi connectivity index (χ1) is 18.6. The fourth-order valence-electron chi connectivity index (χ4n) is 5.08. The quantitative estimate of drug-likeness (QED) is 0.303. The van der Waals surface area contributed by atoms with Crippen molar-refractivity contribution in [2.24, 2.45) is 0 Å². The zero-order chi connectivity index (χ0) is 27.9. The van der Waals surface area contributed by atoms with Crippen molar-refractivity contribution in [1.29, 1.82) is 0 Å². The Morgan fingerprint density at radius 1 is 1.26 bits per heavy atom. The van der Waals surface area contributed by atoms with Gasteiger partial charge in [-0.15, -0.1) is 6.58 Å². The summed E-state index contributed by atoms with van der Waals surface area (Å²) in [5.74, 6) is -0.0746. The molecule has 1 fully saturated rings. The van der Waals surface area contributed by atoms with Gasteiger partial charge in [0.2, 0.25) is 10.0 Å². The van der Waals surface area contributed by atoms with E-state index in [9.17, 15) is 18.0 Å². The average molecular weight is 547 g/mol. The second kappa shape index (κ2) is 9.85. The van der Waals surface area contributed by atoms with Crippen LogP contribution in [-0.2, 0) is 16.6 Å². The van der Waals surface area contributed by atoms with Crippen molar-refractivity contribution in [3.05, 3.63) is 94.3 Å². The third-order valence-corrected chi connectivity index (χ3v) is 9.79. The minimum absolute atomic E-state index is 0.0727. The normalized spacial score (nSPS) is 14.2. The highest BCUT2D eigenvalue weighted by Crippen LogP contribution is 2.49. The molecule has 0 spiro atoms. The Labute approximate surface area is 226 Å². The summed E-state index contributed by atoms with van der Waals surface area (Å²) in [5, 5.41) is 3.36. The summed E-state index contributed by atoms with van der Waals surface area (Å²) in [6.45, 7) is 7.21. The monoisotopic (exact) mass is 546 g/mol. The number of H-pyrrole nitrogens is 1. The lowest BCUT2D eigenvalue weighted by atomic mass is 9.99. The molecule has 1 amide bonds. The first-order valence-electron chi connectivity index (χ1n) is 12.6. The van der Waals surface area contributed by atoms with Gasteiger partial charge in [-0.05, 0) is 68.5 Å². The number of hydrogen-bond acceptors (Lipinski definition) is 6. The number of benzene rings is 1. The van der Waals surface area contributed by atoms with Gasteiger partial charge in [0.25, 0.3) is 11.5 Å². The maximum atomic E-state index is 13.9. The maximum absolute atomic E-state index is 13.9. The Morgan fingerprint density at radius 3 is 2.67 bits per heavy atom. The van der Waals surface area contributed by atoms with Crippen LogP contribution >= 0.6 is 0 Å². The van der Waals surface area contributed by atoms with Gasteiger partial charge in [-0.1, -0.05) is 12.1 Å². The highest BCUT2D eigenvalue weighted by atomic mass is 32.2. The molecule has 202 valence electrons. The molecule has 3 aromatic heterocycles. The number of carbonyl (C=O) groups excluding carboxylic acids is 1. The average Bonchev–Trinajstić information content (AvgIpc) is 3.64. The summed E-state index contributed by atoms with van der Waals surface area (Å²) in [4.78, 5) is 33.1. The zero-order valence-corrected chi connectivity index (χ0v) is 22.9. The number of carbonyl (C=O) groups is 1. The highest BCUT2D eigenvalue weighted by molar-refractivity contribution is 7.91. The second-order valence-corrected chi connectivity index (χ2v) is 12.2. The van der Waals surface area contributed by atoms with Gasteiger partial charge in [-0.25, -0.2) is 12.4 Å². The van der Waals surface area contributed by atoms with E-state index in [1.54, 1.807) is 62.8 Å². The van der Waals surface area contributed by atoms with Crippen molar-refractivity contribution >= 4 is 26.8 Å². The third kappa shape index (κ3) is 4.54. The summed E-state index contributed by atoms with van der Waals surface area (Å²) in [6.07, 6.45) is 8.01. The lowest BCUT2D eigenvalue weighted by molar-refractivity contribution is 0.0952. The van der Waals surface area contributed by atoms with Crippen LogP contribution in [0, 0.1) is 13.8 Å². The Balaban J connectivity index is 1.64. The second-order valence-electron chi connectivity index (χ2n) is 9.96. The number of pyridine rings is 2. The standard InChI is InChI=1S/C29H30N4O5S/c1-5-8-29(9-10-29)39(36,37)33-17-18(2)26-22(13-21(14-24(26)33)20-7-6-11-30-15-20)27(34)31-16-23-25(38-4)12-19(3)32-28(23)35/h5-7,11-15,17H,1,8-10,16H2,2-4H3,(H,31,34)(H,32,35). The maximum Gasteiger partial charge on any atom is 0.256 e. The van der Waals surface area contributed by atoms with Gasteiger partial charge in [0, 0.05) is 40.8 Å². The van der Waals surface area contributed by atoms with Crippen molar-refractivity contribution in [3.63, 3.8) is 0 Å². The predicted molar refractivity (Wildman–Crippen MR) is 151 cm³/mol. The molecule has 0 atom stereocenters. The summed E-state index contributed by atoms with van der Waals surface area (Å²) < 4.78 is 33.5. The van der Waals surface area contributed by atoms with E-state index >= 15 is 0 Å². The molecule has 5 rings (SSSR count).